The molecule has 0 atom stereocenters. The monoisotopic (exact) mass is 440 g/mol. The van der Waals surface area contributed by atoms with Crippen molar-refractivity contribution in [2.75, 3.05) is 38.8 Å². The SMILES string of the molecule is C=CCOC(=O)Nc1cc(OCCCC(=O)OC)c(F)cc1C(=O)NCCCCCO. The number of halogens is 1. The van der Waals surface area contributed by atoms with Crippen molar-refractivity contribution in [2.24, 2.45) is 0 Å². The van der Waals surface area contributed by atoms with Crippen LogP contribution in [0.25, 0.3) is 0 Å². The number of esters is 1. The largest absolute Gasteiger partial charge is 0.490 e. The molecule has 0 aromatic heterocycles. The maximum absolute atomic E-state index is 14.5. The second-order valence-electron chi connectivity index (χ2n) is 6.41. The molecule has 31 heavy (non-hydrogen) atoms. The van der Waals surface area contributed by atoms with Gasteiger partial charge >= 0.3 is 12.1 Å². The van der Waals surface area contributed by atoms with Gasteiger partial charge in [0, 0.05) is 25.6 Å². The summed E-state index contributed by atoms with van der Waals surface area (Å²) in [6.45, 7) is 3.82. The summed E-state index contributed by atoms with van der Waals surface area (Å²) in [5.74, 6) is -1.99. The summed E-state index contributed by atoms with van der Waals surface area (Å²) in [4.78, 5) is 35.6. The van der Waals surface area contributed by atoms with Crippen LogP contribution in [0.1, 0.15) is 42.5 Å². The lowest BCUT2D eigenvalue weighted by Gasteiger charge is -2.15. The highest BCUT2D eigenvalue weighted by Crippen LogP contribution is 2.27. The number of unbranched alkanes of at least 4 members (excludes halogenated alkanes) is 2. The Morgan fingerprint density at radius 1 is 1.19 bits per heavy atom. The van der Waals surface area contributed by atoms with E-state index in [1.807, 2.05) is 0 Å². The Hall–Kier alpha value is -3.14. The molecule has 0 heterocycles. The van der Waals surface area contributed by atoms with Gasteiger partial charge in [-0.25, -0.2) is 9.18 Å². The van der Waals surface area contributed by atoms with Crippen LogP contribution in [0.3, 0.4) is 0 Å². The van der Waals surface area contributed by atoms with Crippen LogP contribution in [0.15, 0.2) is 24.8 Å². The maximum atomic E-state index is 14.5. The van der Waals surface area contributed by atoms with Crippen LogP contribution in [0.2, 0.25) is 0 Å². The van der Waals surface area contributed by atoms with Gasteiger partial charge < -0.3 is 24.6 Å². The molecule has 0 fully saturated rings. The van der Waals surface area contributed by atoms with E-state index in [1.165, 1.54) is 19.3 Å². The van der Waals surface area contributed by atoms with Gasteiger partial charge in [0.15, 0.2) is 11.6 Å². The van der Waals surface area contributed by atoms with Gasteiger partial charge in [-0.3, -0.25) is 14.9 Å². The van der Waals surface area contributed by atoms with E-state index in [0.29, 0.717) is 25.8 Å². The van der Waals surface area contributed by atoms with Crippen molar-refractivity contribution in [1.29, 1.82) is 0 Å². The number of amides is 2. The summed E-state index contributed by atoms with van der Waals surface area (Å²) >= 11 is 0. The first-order chi connectivity index (χ1) is 14.9. The van der Waals surface area contributed by atoms with Crippen molar-refractivity contribution in [3.05, 3.63) is 36.2 Å². The van der Waals surface area contributed by atoms with E-state index in [1.54, 1.807) is 0 Å². The smallest absolute Gasteiger partial charge is 0.411 e. The van der Waals surface area contributed by atoms with Crippen LogP contribution in [0.5, 0.6) is 5.75 Å². The Kier molecular flexibility index (Phi) is 12.3. The zero-order valence-corrected chi connectivity index (χ0v) is 17.6. The minimum absolute atomic E-state index is 0.00582. The Morgan fingerprint density at radius 3 is 2.65 bits per heavy atom. The van der Waals surface area contributed by atoms with Crippen molar-refractivity contribution in [2.45, 2.75) is 32.1 Å². The molecular formula is C21H29FN2O7. The van der Waals surface area contributed by atoms with Gasteiger partial charge in [-0.1, -0.05) is 12.7 Å². The van der Waals surface area contributed by atoms with Crippen molar-refractivity contribution in [3.63, 3.8) is 0 Å². The van der Waals surface area contributed by atoms with E-state index in [0.717, 1.165) is 12.5 Å². The van der Waals surface area contributed by atoms with E-state index in [2.05, 4.69) is 21.9 Å². The lowest BCUT2D eigenvalue weighted by Crippen LogP contribution is -2.26. The van der Waals surface area contributed by atoms with Crippen molar-refractivity contribution in [1.82, 2.24) is 5.32 Å². The molecule has 1 aromatic carbocycles. The fraction of sp³-hybridized carbons (Fsp3) is 0.476. The minimum atomic E-state index is -0.847. The van der Waals surface area contributed by atoms with E-state index in [9.17, 15) is 18.8 Å². The average molecular weight is 440 g/mol. The van der Waals surface area contributed by atoms with Gasteiger partial charge in [-0.2, -0.15) is 0 Å². The topological polar surface area (TPSA) is 123 Å². The van der Waals surface area contributed by atoms with Gasteiger partial charge in [0.25, 0.3) is 5.91 Å². The Morgan fingerprint density at radius 2 is 1.97 bits per heavy atom. The van der Waals surface area contributed by atoms with E-state index in [4.69, 9.17) is 14.6 Å². The van der Waals surface area contributed by atoms with Crippen LogP contribution in [0.4, 0.5) is 14.9 Å². The van der Waals surface area contributed by atoms with Crippen LogP contribution in [-0.4, -0.2) is 56.6 Å². The van der Waals surface area contributed by atoms with Gasteiger partial charge in [-0.15, -0.1) is 0 Å². The third-order valence-electron chi connectivity index (χ3n) is 4.02. The number of ether oxygens (including phenoxy) is 3. The van der Waals surface area contributed by atoms with Crippen molar-refractivity contribution in [3.8, 4) is 5.75 Å². The molecule has 0 bridgehead atoms. The highest BCUT2D eigenvalue weighted by molar-refractivity contribution is 6.03. The number of hydrogen-bond donors (Lipinski definition) is 3. The second-order valence-corrected chi connectivity index (χ2v) is 6.41. The number of aliphatic hydroxyl groups is 1. The normalized spacial score (nSPS) is 10.2. The van der Waals surface area contributed by atoms with Crippen LogP contribution in [-0.2, 0) is 14.3 Å². The number of benzene rings is 1. The fourth-order valence-corrected chi connectivity index (χ4v) is 2.45. The van der Waals surface area contributed by atoms with Crippen LogP contribution < -0.4 is 15.4 Å². The molecule has 0 aliphatic carbocycles. The summed E-state index contributed by atoms with van der Waals surface area (Å²) in [5, 5.41) is 13.8. The molecular weight excluding hydrogens is 411 g/mol. The standard InChI is InChI=1S/C21H29FN2O7/c1-3-11-31-21(28)24-17-14-18(30-12-7-8-19(26)29-2)16(22)13-15(17)20(27)23-9-5-4-6-10-25/h3,13-14,25H,1,4-12H2,2H3,(H,23,27)(H,24,28). The number of anilines is 1. The number of aliphatic hydroxyl groups excluding tert-OH is 1. The number of hydrogen-bond acceptors (Lipinski definition) is 7. The molecule has 0 saturated carbocycles. The quantitative estimate of drug-likeness (QED) is 0.231. The van der Waals surface area contributed by atoms with E-state index in [-0.39, 0.29) is 43.2 Å². The molecule has 0 spiro atoms. The van der Waals surface area contributed by atoms with Gasteiger partial charge in [-0.05, 0) is 31.7 Å². The molecule has 3 N–H and O–H groups in total. The molecule has 0 aliphatic rings. The van der Waals surface area contributed by atoms with Gasteiger partial charge in [0.05, 0.1) is 25.0 Å². The first-order valence-corrected chi connectivity index (χ1v) is 9.89. The molecule has 0 radical (unpaired) electrons. The van der Waals surface area contributed by atoms with E-state index >= 15 is 0 Å². The molecule has 10 heteroatoms. The predicted molar refractivity (Wildman–Crippen MR) is 112 cm³/mol. The summed E-state index contributed by atoms with van der Waals surface area (Å²) in [6.07, 6.45) is 2.91. The highest BCUT2D eigenvalue weighted by atomic mass is 19.1. The predicted octanol–water partition coefficient (Wildman–Crippen LogP) is 2.78. The fourth-order valence-electron chi connectivity index (χ4n) is 2.45. The van der Waals surface area contributed by atoms with Crippen molar-refractivity contribution >= 4 is 23.7 Å². The number of rotatable bonds is 14. The summed E-state index contributed by atoms with van der Waals surface area (Å²) < 4.78 is 29.2. The van der Waals surface area contributed by atoms with E-state index < -0.39 is 23.8 Å². The zero-order chi connectivity index (χ0) is 23.1. The number of carbonyl (C=O) groups is 3. The van der Waals surface area contributed by atoms with Gasteiger partial charge in [0.1, 0.15) is 6.61 Å². The minimum Gasteiger partial charge on any atom is -0.490 e. The molecule has 1 rings (SSSR count). The summed E-state index contributed by atoms with van der Waals surface area (Å²) in [7, 11) is 1.27. The van der Waals surface area contributed by atoms with Crippen LogP contribution in [0, 0.1) is 5.82 Å². The Bertz CT molecular complexity index is 755. The third-order valence-corrected chi connectivity index (χ3v) is 4.02. The molecule has 2 amide bonds. The highest BCUT2D eigenvalue weighted by Gasteiger charge is 2.19. The Balaban J connectivity index is 2.91. The second kappa shape index (κ2) is 14.8. The maximum Gasteiger partial charge on any atom is 0.411 e. The Labute approximate surface area is 180 Å². The number of carbonyl (C=O) groups excluding carboxylic acids is 3. The molecule has 0 unspecified atom stereocenters. The average Bonchev–Trinajstić information content (AvgIpc) is 2.76. The molecule has 9 nitrogen and oxygen atoms in total. The van der Waals surface area contributed by atoms with Crippen molar-refractivity contribution < 1.29 is 38.1 Å². The van der Waals surface area contributed by atoms with Crippen LogP contribution >= 0.6 is 0 Å². The zero-order valence-electron chi connectivity index (χ0n) is 17.6. The first kappa shape index (κ1) is 25.9. The molecule has 1 aromatic rings. The van der Waals surface area contributed by atoms with Gasteiger partial charge in [0.2, 0.25) is 0 Å². The molecule has 0 saturated heterocycles. The molecule has 172 valence electrons. The lowest BCUT2D eigenvalue weighted by atomic mass is 10.1. The molecule has 0 aliphatic heterocycles. The first-order valence-electron chi connectivity index (χ1n) is 9.89. The summed E-state index contributed by atoms with van der Waals surface area (Å²) in [5.41, 5.74) is -0.0941. The number of nitrogens with one attached hydrogen (secondary N) is 2. The lowest BCUT2D eigenvalue weighted by molar-refractivity contribution is -0.140. The summed E-state index contributed by atoms with van der Waals surface area (Å²) in [6, 6.07) is 2.14. The third kappa shape index (κ3) is 9.94. The number of methoxy groups -OCH3 is 1.